The minimum Gasteiger partial charge on any atom is -0.497 e. The summed E-state index contributed by atoms with van der Waals surface area (Å²) < 4.78 is 10.2. The number of nitrogens with zero attached hydrogens (tertiary/aromatic N) is 2. The lowest BCUT2D eigenvalue weighted by molar-refractivity contribution is -0.147. The molecular weight excluding hydrogens is 440 g/mol. The fourth-order valence-corrected chi connectivity index (χ4v) is 5.02. The van der Waals surface area contributed by atoms with Crippen LogP contribution >= 0.6 is 11.3 Å². The van der Waals surface area contributed by atoms with Crippen molar-refractivity contribution in [2.75, 3.05) is 26.8 Å². The van der Waals surface area contributed by atoms with E-state index in [1.54, 1.807) is 30.3 Å². The van der Waals surface area contributed by atoms with Gasteiger partial charge in [-0.05, 0) is 61.9 Å². The maximum atomic E-state index is 13.5. The van der Waals surface area contributed by atoms with E-state index in [0.29, 0.717) is 6.54 Å². The molecule has 0 radical (unpaired) electrons. The molecule has 0 aliphatic carbocycles. The van der Waals surface area contributed by atoms with Gasteiger partial charge in [0.05, 0.1) is 26.2 Å². The molecule has 178 valence electrons. The fourth-order valence-electron chi connectivity index (χ4n) is 4.11. The normalized spacial score (nSPS) is 15.2. The van der Waals surface area contributed by atoms with Crippen molar-refractivity contribution in [2.45, 2.75) is 52.1 Å². The Morgan fingerprint density at radius 2 is 1.88 bits per heavy atom. The number of thiophene rings is 1. The zero-order chi connectivity index (χ0) is 24.0. The van der Waals surface area contributed by atoms with Gasteiger partial charge in [-0.2, -0.15) is 0 Å². The van der Waals surface area contributed by atoms with E-state index in [0.717, 1.165) is 23.3 Å². The molecule has 0 fully saturated rings. The van der Waals surface area contributed by atoms with Crippen LogP contribution in [0.15, 0.2) is 35.7 Å². The lowest BCUT2D eigenvalue weighted by Gasteiger charge is -2.38. The number of rotatable bonds is 9. The molecule has 0 bridgehead atoms. The Balaban J connectivity index is 1.79. The van der Waals surface area contributed by atoms with Crippen LogP contribution in [0.3, 0.4) is 0 Å². The highest BCUT2D eigenvalue weighted by Crippen LogP contribution is 2.38. The number of hydrogen-bond donors (Lipinski definition) is 0. The van der Waals surface area contributed by atoms with Crippen LogP contribution in [-0.2, 0) is 25.5 Å². The Hall–Kier alpha value is -2.87. The summed E-state index contributed by atoms with van der Waals surface area (Å²) in [4.78, 5) is 42.7. The fraction of sp³-hybridized carbons (Fsp3) is 0.480. The third-order valence-corrected chi connectivity index (χ3v) is 6.81. The highest BCUT2D eigenvalue weighted by Gasteiger charge is 2.34. The van der Waals surface area contributed by atoms with Gasteiger partial charge in [-0.3, -0.25) is 14.4 Å². The zero-order valence-corrected chi connectivity index (χ0v) is 20.5. The summed E-state index contributed by atoms with van der Waals surface area (Å²) in [6.45, 7) is 6.34. The smallest absolute Gasteiger partial charge is 0.306 e. The van der Waals surface area contributed by atoms with Crippen LogP contribution in [0.4, 0.5) is 0 Å². The number of carbonyl (C=O) groups excluding carboxylic acids is 3. The SMILES string of the molecule is CCOC(=O)CCC(=O)N(CC(=O)N1CCc2sccc2C1c1ccc(OC)cc1)C(C)C. The van der Waals surface area contributed by atoms with Crippen molar-refractivity contribution in [1.29, 1.82) is 0 Å². The first kappa shape index (κ1) is 24.8. The van der Waals surface area contributed by atoms with Gasteiger partial charge in [-0.1, -0.05) is 12.1 Å². The van der Waals surface area contributed by atoms with Crippen molar-refractivity contribution >= 4 is 29.1 Å². The van der Waals surface area contributed by atoms with Gasteiger partial charge in [0.15, 0.2) is 0 Å². The minimum atomic E-state index is -0.401. The van der Waals surface area contributed by atoms with Crippen LogP contribution in [0, 0.1) is 0 Å². The molecule has 0 saturated carbocycles. The zero-order valence-electron chi connectivity index (χ0n) is 19.7. The summed E-state index contributed by atoms with van der Waals surface area (Å²) in [5, 5.41) is 2.06. The van der Waals surface area contributed by atoms with Gasteiger partial charge in [-0.15, -0.1) is 11.3 Å². The van der Waals surface area contributed by atoms with Crippen molar-refractivity contribution < 1.29 is 23.9 Å². The van der Waals surface area contributed by atoms with Crippen molar-refractivity contribution in [3.8, 4) is 5.75 Å². The van der Waals surface area contributed by atoms with Gasteiger partial charge in [0, 0.05) is 23.9 Å². The van der Waals surface area contributed by atoms with E-state index in [9.17, 15) is 14.4 Å². The van der Waals surface area contributed by atoms with E-state index in [4.69, 9.17) is 9.47 Å². The quantitative estimate of drug-likeness (QED) is 0.519. The van der Waals surface area contributed by atoms with Gasteiger partial charge in [0.2, 0.25) is 11.8 Å². The molecule has 2 heterocycles. The summed E-state index contributed by atoms with van der Waals surface area (Å²) in [6, 6.07) is 9.49. The lowest BCUT2D eigenvalue weighted by atomic mass is 9.93. The van der Waals surface area contributed by atoms with Gasteiger partial charge >= 0.3 is 5.97 Å². The lowest BCUT2D eigenvalue weighted by Crippen LogP contribution is -2.48. The average molecular weight is 473 g/mol. The Bertz CT molecular complexity index is 969. The molecule has 1 unspecified atom stereocenters. The molecule has 33 heavy (non-hydrogen) atoms. The molecule has 2 aromatic rings. The van der Waals surface area contributed by atoms with E-state index in [1.807, 2.05) is 43.0 Å². The van der Waals surface area contributed by atoms with Gasteiger partial charge < -0.3 is 19.3 Å². The first-order valence-electron chi connectivity index (χ1n) is 11.3. The first-order valence-corrected chi connectivity index (χ1v) is 12.2. The number of benzene rings is 1. The molecule has 1 atom stereocenters. The molecule has 7 nitrogen and oxygen atoms in total. The summed E-state index contributed by atoms with van der Waals surface area (Å²) in [6.07, 6.45) is 0.839. The molecule has 0 N–H and O–H groups in total. The van der Waals surface area contributed by atoms with Crippen LogP contribution < -0.4 is 4.74 Å². The molecule has 1 aliphatic heterocycles. The van der Waals surface area contributed by atoms with E-state index in [1.165, 1.54) is 4.88 Å². The molecule has 8 heteroatoms. The van der Waals surface area contributed by atoms with Crippen molar-refractivity contribution in [3.63, 3.8) is 0 Å². The molecule has 0 saturated heterocycles. The van der Waals surface area contributed by atoms with E-state index >= 15 is 0 Å². The summed E-state index contributed by atoms with van der Waals surface area (Å²) >= 11 is 1.71. The highest BCUT2D eigenvalue weighted by atomic mass is 32.1. The Labute approximate surface area is 199 Å². The Morgan fingerprint density at radius 3 is 2.52 bits per heavy atom. The van der Waals surface area contributed by atoms with Crippen molar-refractivity contribution in [1.82, 2.24) is 9.80 Å². The minimum absolute atomic E-state index is 0.0144. The summed E-state index contributed by atoms with van der Waals surface area (Å²) in [5.41, 5.74) is 2.14. The van der Waals surface area contributed by atoms with E-state index in [2.05, 4.69) is 11.4 Å². The average Bonchev–Trinajstić information content (AvgIpc) is 3.29. The maximum absolute atomic E-state index is 13.5. The summed E-state index contributed by atoms with van der Waals surface area (Å²) in [7, 11) is 1.63. The second kappa shape index (κ2) is 11.3. The van der Waals surface area contributed by atoms with Crippen LogP contribution in [0.2, 0.25) is 0 Å². The van der Waals surface area contributed by atoms with Gasteiger partial charge in [-0.25, -0.2) is 0 Å². The standard InChI is InChI=1S/C25H32N2O5S/c1-5-32-24(30)11-10-22(28)27(17(2)3)16-23(29)26-14-12-21-20(13-15-33-21)25(26)18-6-8-19(31-4)9-7-18/h6-9,13,15,17,25H,5,10-12,14,16H2,1-4H3. The predicted molar refractivity (Wildman–Crippen MR) is 127 cm³/mol. The molecule has 0 spiro atoms. The molecule has 1 aliphatic rings. The number of amides is 2. The molecule has 3 rings (SSSR count). The van der Waals surface area contributed by atoms with Crippen LogP contribution in [-0.4, -0.2) is 60.4 Å². The van der Waals surface area contributed by atoms with E-state index in [-0.39, 0.29) is 49.9 Å². The predicted octanol–water partition coefficient (Wildman–Crippen LogP) is 3.81. The third kappa shape index (κ3) is 5.93. The number of methoxy groups -OCH3 is 1. The maximum Gasteiger partial charge on any atom is 0.306 e. The van der Waals surface area contributed by atoms with Crippen molar-refractivity contribution in [3.05, 3.63) is 51.7 Å². The van der Waals surface area contributed by atoms with Crippen LogP contribution in [0.1, 0.15) is 55.7 Å². The molecule has 2 amide bonds. The number of hydrogen-bond acceptors (Lipinski definition) is 6. The number of carbonyl (C=O) groups is 3. The number of esters is 1. The monoisotopic (exact) mass is 472 g/mol. The third-order valence-electron chi connectivity index (χ3n) is 5.82. The topological polar surface area (TPSA) is 76.2 Å². The molecule has 1 aromatic carbocycles. The molecule has 1 aromatic heterocycles. The highest BCUT2D eigenvalue weighted by molar-refractivity contribution is 7.10. The second-order valence-electron chi connectivity index (χ2n) is 8.23. The van der Waals surface area contributed by atoms with Crippen LogP contribution in [0.5, 0.6) is 5.75 Å². The van der Waals surface area contributed by atoms with Gasteiger partial charge in [0.25, 0.3) is 0 Å². The Kier molecular flexibility index (Phi) is 8.49. The molecular formula is C25H32N2O5S. The van der Waals surface area contributed by atoms with Crippen molar-refractivity contribution in [2.24, 2.45) is 0 Å². The summed E-state index contributed by atoms with van der Waals surface area (Å²) in [5.74, 6) is 0.0316. The number of fused-ring (bicyclic) bond motifs is 1. The van der Waals surface area contributed by atoms with Crippen LogP contribution in [0.25, 0.3) is 0 Å². The van der Waals surface area contributed by atoms with E-state index < -0.39 is 5.97 Å². The second-order valence-corrected chi connectivity index (χ2v) is 9.23. The Morgan fingerprint density at radius 1 is 1.15 bits per heavy atom. The largest absolute Gasteiger partial charge is 0.497 e. The number of ether oxygens (including phenoxy) is 2. The first-order chi connectivity index (χ1) is 15.8. The van der Waals surface area contributed by atoms with Gasteiger partial charge in [0.1, 0.15) is 12.3 Å².